The van der Waals surface area contributed by atoms with Crippen molar-refractivity contribution in [2.75, 3.05) is 0 Å². The van der Waals surface area contributed by atoms with Crippen molar-refractivity contribution in [3.63, 3.8) is 0 Å². The maximum Gasteiger partial charge on any atom is 0.311 e. The van der Waals surface area contributed by atoms with Crippen molar-refractivity contribution in [2.45, 2.75) is 47.1 Å². The van der Waals surface area contributed by atoms with Crippen LogP contribution in [0.5, 0.6) is 0 Å². The molecule has 1 aromatic heterocycles. The number of oxazole rings is 1. The summed E-state index contributed by atoms with van der Waals surface area (Å²) in [6.07, 6.45) is 3.47. The van der Waals surface area contributed by atoms with E-state index in [1.807, 2.05) is 6.92 Å². The Hall–Kier alpha value is -2.18. The molecule has 1 aromatic rings. The number of hydrogen-bond acceptors (Lipinski definition) is 6. The maximum atomic E-state index is 11.7. The highest BCUT2D eigenvalue weighted by atomic mass is 16.6. The molecule has 0 spiro atoms. The SMILES string of the molecule is CCCc1nc(C=C[N+](=O)[O-])c(COC(=O)C(C)(C)C)o1. The summed E-state index contributed by atoms with van der Waals surface area (Å²) in [7, 11) is 0. The summed E-state index contributed by atoms with van der Waals surface area (Å²) in [6, 6.07) is 0. The highest BCUT2D eigenvalue weighted by molar-refractivity contribution is 5.75. The minimum atomic E-state index is -0.622. The van der Waals surface area contributed by atoms with E-state index < -0.39 is 10.3 Å². The van der Waals surface area contributed by atoms with Gasteiger partial charge in [-0.05, 0) is 27.2 Å². The molecule has 0 aliphatic rings. The average molecular weight is 296 g/mol. The zero-order chi connectivity index (χ0) is 16.0. The van der Waals surface area contributed by atoms with Crippen molar-refractivity contribution in [2.24, 2.45) is 5.41 Å². The van der Waals surface area contributed by atoms with Crippen LogP contribution in [-0.4, -0.2) is 15.9 Å². The van der Waals surface area contributed by atoms with Crippen LogP contribution in [0.25, 0.3) is 6.08 Å². The number of aromatic nitrogens is 1. The van der Waals surface area contributed by atoms with Crippen LogP contribution in [0.15, 0.2) is 10.6 Å². The number of nitrogens with zero attached hydrogens (tertiary/aromatic N) is 2. The van der Waals surface area contributed by atoms with Crippen LogP contribution in [0.1, 0.15) is 51.5 Å². The molecule has 0 fully saturated rings. The Morgan fingerprint density at radius 2 is 2.14 bits per heavy atom. The van der Waals surface area contributed by atoms with Gasteiger partial charge in [0.25, 0.3) is 0 Å². The fourth-order valence-electron chi connectivity index (χ4n) is 1.45. The van der Waals surface area contributed by atoms with Crippen molar-refractivity contribution in [3.05, 3.63) is 33.7 Å². The van der Waals surface area contributed by atoms with E-state index in [4.69, 9.17) is 9.15 Å². The van der Waals surface area contributed by atoms with Gasteiger partial charge in [0.1, 0.15) is 5.69 Å². The van der Waals surface area contributed by atoms with E-state index in [0.29, 0.717) is 23.8 Å². The Morgan fingerprint density at radius 1 is 1.48 bits per heavy atom. The predicted octanol–water partition coefficient (Wildman–Crippen LogP) is 2.96. The third-order valence-electron chi connectivity index (χ3n) is 2.54. The Balaban J connectivity index is 2.88. The number of esters is 1. The summed E-state index contributed by atoms with van der Waals surface area (Å²) < 4.78 is 10.6. The molecule has 0 aliphatic heterocycles. The number of hydrogen-bond donors (Lipinski definition) is 0. The van der Waals surface area contributed by atoms with Crippen molar-refractivity contribution < 1.29 is 18.9 Å². The molecule has 1 heterocycles. The van der Waals surface area contributed by atoms with Gasteiger partial charge in [-0.1, -0.05) is 6.92 Å². The van der Waals surface area contributed by atoms with Crippen molar-refractivity contribution >= 4 is 12.0 Å². The number of carbonyl (C=O) groups excluding carboxylic acids is 1. The molecule has 0 aromatic carbocycles. The first-order valence-electron chi connectivity index (χ1n) is 6.71. The lowest BCUT2D eigenvalue weighted by Gasteiger charge is -2.15. The van der Waals surface area contributed by atoms with Gasteiger partial charge >= 0.3 is 5.97 Å². The highest BCUT2D eigenvalue weighted by Gasteiger charge is 2.24. The molecule has 0 unspecified atom stereocenters. The summed E-state index contributed by atoms with van der Waals surface area (Å²) in [4.78, 5) is 25.7. The molecule has 0 bridgehead atoms. The van der Waals surface area contributed by atoms with Crippen LogP contribution in [0, 0.1) is 15.5 Å². The van der Waals surface area contributed by atoms with Crippen LogP contribution in [0.4, 0.5) is 0 Å². The first-order chi connectivity index (χ1) is 9.74. The number of rotatable bonds is 6. The Kier molecular flexibility index (Phi) is 5.63. The summed E-state index contributed by atoms with van der Waals surface area (Å²) in [5.41, 5.74) is -0.305. The fourth-order valence-corrected chi connectivity index (χ4v) is 1.45. The van der Waals surface area contributed by atoms with Gasteiger partial charge in [0.05, 0.1) is 10.3 Å². The zero-order valence-corrected chi connectivity index (χ0v) is 12.7. The first kappa shape index (κ1) is 16.9. The standard InChI is InChI=1S/C14H20N2O5/c1-5-6-12-15-10(7-8-16(18)19)11(21-12)9-20-13(17)14(2,3)4/h7-8H,5-6,9H2,1-4H3. The lowest BCUT2D eigenvalue weighted by molar-refractivity contribution is -0.401. The first-order valence-corrected chi connectivity index (χ1v) is 6.71. The number of ether oxygens (including phenoxy) is 1. The van der Waals surface area contributed by atoms with Gasteiger partial charge in [0.2, 0.25) is 6.20 Å². The summed E-state index contributed by atoms with van der Waals surface area (Å²) in [5.74, 6) is 0.414. The fraction of sp³-hybridized carbons (Fsp3) is 0.571. The van der Waals surface area contributed by atoms with Crippen LogP contribution in [0.3, 0.4) is 0 Å². The van der Waals surface area contributed by atoms with Crippen LogP contribution >= 0.6 is 0 Å². The number of nitro groups is 1. The molecule has 21 heavy (non-hydrogen) atoms. The van der Waals surface area contributed by atoms with Gasteiger partial charge in [-0.15, -0.1) is 0 Å². The molecular formula is C14H20N2O5. The molecular weight excluding hydrogens is 276 g/mol. The Bertz CT molecular complexity index is 540. The van der Waals surface area contributed by atoms with Gasteiger partial charge in [0.15, 0.2) is 18.3 Å². The van der Waals surface area contributed by atoms with Gasteiger partial charge in [-0.3, -0.25) is 14.9 Å². The summed E-state index contributed by atoms with van der Waals surface area (Å²) in [6.45, 7) is 7.10. The van der Waals surface area contributed by atoms with E-state index in [1.165, 1.54) is 6.08 Å². The molecule has 116 valence electrons. The van der Waals surface area contributed by atoms with Crippen LogP contribution in [-0.2, 0) is 22.6 Å². The predicted molar refractivity (Wildman–Crippen MR) is 75.8 cm³/mol. The molecule has 0 atom stereocenters. The molecule has 0 saturated carbocycles. The molecule has 1 rings (SSSR count). The number of aryl methyl sites for hydroxylation is 1. The van der Waals surface area contributed by atoms with E-state index in [0.717, 1.165) is 12.6 Å². The minimum absolute atomic E-state index is 0.0931. The molecule has 7 nitrogen and oxygen atoms in total. The minimum Gasteiger partial charge on any atom is -0.457 e. The van der Waals surface area contributed by atoms with Crippen molar-refractivity contribution in [1.82, 2.24) is 4.98 Å². The topological polar surface area (TPSA) is 95.5 Å². The van der Waals surface area contributed by atoms with Gasteiger partial charge in [-0.25, -0.2) is 4.98 Å². The van der Waals surface area contributed by atoms with E-state index in [-0.39, 0.29) is 12.6 Å². The van der Waals surface area contributed by atoms with E-state index >= 15 is 0 Å². The quantitative estimate of drug-likeness (QED) is 0.455. The van der Waals surface area contributed by atoms with Crippen molar-refractivity contribution in [1.29, 1.82) is 0 Å². The summed E-state index contributed by atoms with van der Waals surface area (Å²) >= 11 is 0. The van der Waals surface area contributed by atoms with Crippen LogP contribution in [0.2, 0.25) is 0 Å². The third-order valence-corrected chi connectivity index (χ3v) is 2.54. The second kappa shape index (κ2) is 7.01. The molecule has 0 amide bonds. The Morgan fingerprint density at radius 3 is 2.67 bits per heavy atom. The smallest absolute Gasteiger partial charge is 0.311 e. The van der Waals surface area contributed by atoms with Gasteiger partial charge < -0.3 is 9.15 Å². The molecule has 0 radical (unpaired) electrons. The maximum absolute atomic E-state index is 11.7. The van der Waals surface area contributed by atoms with Gasteiger partial charge in [0, 0.05) is 12.5 Å². The average Bonchev–Trinajstić information content (AvgIpc) is 2.75. The molecule has 0 N–H and O–H groups in total. The molecule has 0 aliphatic carbocycles. The highest BCUT2D eigenvalue weighted by Crippen LogP contribution is 2.19. The zero-order valence-electron chi connectivity index (χ0n) is 12.7. The van der Waals surface area contributed by atoms with E-state index in [2.05, 4.69) is 4.98 Å². The third kappa shape index (κ3) is 5.37. The lowest BCUT2D eigenvalue weighted by Crippen LogP contribution is -2.22. The molecule has 0 saturated heterocycles. The monoisotopic (exact) mass is 296 g/mol. The normalized spacial score (nSPS) is 11.8. The Labute approximate surface area is 123 Å². The number of carbonyl (C=O) groups is 1. The van der Waals surface area contributed by atoms with Crippen LogP contribution < -0.4 is 0 Å². The summed E-state index contributed by atoms with van der Waals surface area (Å²) in [5, 5.41) is 10.4. The molecule has 7 heteroatoms. The van der Waals surface area contributed by atoms with Crippen molar-refractivity contribution in [3.8, 4) is 0 Å². The van der Waals surface area contributed by atoms with E-state index in [9.17, 15) is 14.9 Å². The second-order valence-corrected chi connectivity index (χ2v) is 5.59. The lowest BCUT2D eigenvalue weighted by atomic mass is 9.97. The van der Waals surface area contributed by atoms with E-state index in [1.54, 1.807) is 20.8 Å². The van der Waals surface area contributed by atoms with Gasteiger partial charge in [-0.2, -0.15) is 0 Å². The second-order valence-electron chi connectivity index (χ2n) is 5.59. The largest absolute Gasteiger partial charge is 0.457 e.